The SMILES string of the molecule is Fc1cc2ncc3c(n2n1)C1(CCOCC1)CC3. The summed E-state index contributed by atoms with van der Waals surface area (Å²) < 4.78 is 20.5. The van der Waals surface area contributed by atoms with Gasteiger partial charge < -0.3 is 4.74 Å². The van der Waals surface area contributed by atoms with Crippen molar-refractivity contribution in [2.24, 2.45) is 0 Å². The summed E-state index contributed by atoms with van der Waals surface area (Å²) in [6, 6.07) is 1.39. The topological polar surface area (TPSA) is 39.4 Å². The molecule has 5 heteroatoms. The molecule has 2 aliphatic rings. The monoisotopic (exact) mass is 247 g/mol. The number of nitrogens with zero attached hydrogens (tertiary/aromatic N) is 3. The Hall–Kier alpha value is -1.49. The molecule has 1 aliphatic carbocycles. The maximum absolute atomic E-state index is 13.3. The molecule has 1 aliphatic heterocycles. The highest BCUT2D eigenvalue weighted by atomic mass is 19.1. The number of hydrogen-bond donors (Lipinski definition) is 0. The molecule has 4 rings (SSSR count). The Balaban J connectivity index is 1.98. The number of ether oxygens (including phenoxy) is 1. The Kier molecular flexibility index (Phi) is 2.03. The Morgan fingerprint density at radius 3 is 2.94 bits per heavy atom. The van der Waals surface area contributed by atoms with Gasteiger partial charge in [0.1, 0.15) is 0 Å². The molecule has 2 aromatic rings. The van der Waals surface area contributed by atoms with Crippen molar-refractivity contribution in [3.05, 3.63) is 29.5 Å². The van der Waals surface area contributed by atoms with Gasteiger partial charge in [-0.15, -0.1) is 5.10 Å². The molecule has 3 heterocycles. The zero-order valence-corrected chi connectivity index (χ0v) is 10.0. The number of rotatable bonds is 0. The lowest BCUT2D eigenvalue weighted by atomic mass is 9.78. The number of halogens is 1. The maximum Gasteiger partial charge on any atom is 0.235 e. The van der Waals surface area contributed by atoms with Crippen LogP contribution in [0.15, 0.2) is 12.3 Å². The molecule has 1 saturated heterocycles. The number of fused-ring (bicyclic) bond motifs is 4. The first-order valence-electron chi connectivity index (χ1n) is 6.40. The van der Waals surface area contributed by atoms with Crippen LogP contribution in [0.25, 0.3) is 5.65 Å². The molecular weight excluding hydrogens is 233 g/mol. The van der Waals surface area contributed by atoms with Crippen LogP contribution in [0.5, 0.6) is 0 Å². The van der Waals surface area contributed by atoms with Gasteiger partial charge in [-0.25, -0.2) is 9.50 Å². The van der Waals surface area contributed by atoms with Crippen molar-refractivity contribution < 1.29 is 9.13 Å². The summed E-state index contributed by atoms with van der Waals surface area (Å²) in [5, 5.41) is 3.98. The second kappa shape index (κ2) is 3.51. The summed E-state index contributed by atoms with van der Waals surface area (Å²) in [4.78, 5) is 4.28. The van der Waals surface area contributed by atoms with Crippen LogP contribution in [0, 0.1) is 5.95 Å². The summed E-state index contributed by atoms with van der Waals surface area (Å²) in [6.07, 6.45) is 6.00. The Bertz CT molecular complexity index is 610. The summed E-state index contributed by atoms with van der Waals surface area (Å²) in [5.74, 6) is -0.454. The fourth-order valence-electron chi connectivity index (χ4n) is 3.43. The Morgan fingerprint density at radius 1 is 1.28 bits per heavy atom. The van der Waals surface area contributed by atoms with E-state index in [1.165, 1.54) is 17.3 Å². The highest BCUT2D eigenvalue weighted by Crippen LogP contribution is 2.45. The highest BCUT2D eigenvalue weighted by Gasteiger charge is 2.42. The lowest BCUT2D eigenvalue weighted by molar-refractivity contribution is 0.0486. The molecule has 4 nitrogen and oxygen atoms in total. The molecule has 2 aromatic heterocycles. The first-order chi connectivity index (χ1) is 8.78. The van der Waals surface area contributed by atoms with Crippen LogP contribution in [0.2, 0.25) is 0 Å². The Morgan fingerprint density at radius 2 is 2.11 bits per heavy atom. The van der Waals surface area contributed by atoms with Crippen molar-refractivity contribution in [1.82, 2.24) is 14.6 Å². The first-order valence-corrected chi connectivity index (χ1v) is 6.40. The maximum atomic E-state index is 13.3. The first kappa shape index (κ1) is 10.4. The third-order valence-electron chi connectivity index (χ3n) is 4.35. The van der Waals surface area contributed by atoms with Crippen LogP contribution in [0.4, 0.5) is 4.39 Å². The minimum absolute atomic E-state index is 0.118. The Labute approximate surface area is 104 Å². The van der Waals surface area contributed by atoms with Gasteiger partial charge in [-0.1, -0.05) is 0 Å². The average Bonchev–Trinajstić information content (AvgIpc) is 2.91. The number of aryl methyl sites for hydroxylation is 1. The average molecular weight is 247 g/mol. The van der Waals surface area contributed by atoms with E-state index in [4.69, 9.17) is 4.74 Å². The van der Waals surface area contributed by atoms with Crippen LogP contribution in [-0.2, 0) is 16.6 Å². The second-order valence-corrected chi connectivity index (χ2v) is 5.26. The van der Waals surface area contributed by atoms with E-state index in [9.17, 15) is 4.39 Å². The van der Waals surface area contributed by atoms with E-state index in [1.54, 1.807) is 4.52 Å². The van der Waals surface area contributed by atoms with Gasteiger partial charge in [0.2, 0.25) is 5.95 Å². The molecule has 0 aromatic carbocycles. The fraction of sp³-hybridized carbons (Fsp3) is 0.538. The molecule has 1 fully saturated rings. The van der Waals surface area contributed by atoms with Crippen molar-refractivity contribution in [2.75, 3.05) is 13.2 Å². The molecule has 18 heavy (non-hydrogen) atoms. The summed E-state index contributed by atoms with van der Waals surface area (Å²) in [7, 11) is 0. The van der Waals surface area contributed by atoms with E-state index in [0.717, 1.165) is 38.9 Å². The summed E-state index contributed by atoms with van der Waals surface area (Å²) >= 11 is 0. The zero-order chi connectivity index (χ0) is 12.2. The molecule has 1 spiro atoms. The van der Waals surface area contributed by atoms with Gasteiger partial charge in [-0.2, -0.15) is 4.39 Å². The van der Waals surface area contributed by atoms with Crippen molar-refractivity contribution in [3.63, 3.8) is 0 Å². The second-order valence-electron chi connectivity index (χ2n) is 5.26. The van der Waals surface area contributed by atoms with E-state index in [1.807, 2.05) is 6.20 Å². The lowest BCUT2D eigenvalue weighted by Crippen LogP contribution is -2.33. The number of aromatic nitrogens is 3. The molecule has 0 saturated carbocycles. The molecule has 0 amide bonds. The fourth-order valence-corrected chi connectivity index (χ4v) is 3.43. The van der Waals surface area contributed by atoms with Gasteiger partial charge in [-0.3, -0.25) is 0 Å². The quantitative estimate of drug-likeness (QED) is 0.713. The van der Waals surface area contributed by atoms with E-state index in [2.05, 4.69) is 10.1 Å². The predicted octanol–water partition coefficient (Wildman–Crippen LogP) is 1.86. The van der Waals surface area contributed by atoms with Crippen molar-refractivity contribution in [1.29, 1.82) is 0 Å². The van der Waals surface area contributed by atoms with Gasteiger partial charge in [0.15, 0.2) is 5.65 Å². The molecular formula is C13H14FN3O. The minimum atomic E-state index is -0.454. The molecule has 0 unspecified atom stereocenters. The summed E-state index contributed by atoms with van der Waals surface area (Å²) in [6.45, 7) is 1.57. The van der Waals surface area contributed by atoms with Gasteiger partial charge in [-0.05, 0) is 31.2 Å². The van der Waals surface area contributed by atoms with Crippen LogP contribution < -0.4 is 0 Å². The zero-order valence-electron chi connectivity index (χ0n) is 10.0. The molecule has 0 atom stereocenters. The molecule has 0 bridgehead atoms. The molecule has 94 valence electrons. The molecule has 0 radical (unpaired) electrons. The van der Waals surface area contributed by atoms with Crippen LogP contribution in [0.1, 0.15) is 30.5 Å². The third-order valence-corrected chi connectivity index (χ3v) is 4.35. The largest absolute Gasteiger partial charge is 0.381 e. The standard InChI is InChI=1S/C13H14FN3O/c14-10-7-11-15-8-9-1-2-13(3-5-18-6-4-13)12(9)17(11)16-10/h7-8H,1-6H2. The van der Waals surface area contributed by atoms with Crippen LogP contribution in [-0.4, -0.2) is 27.8 Å². The highest BCUT2D eigenvalue weighted by molar-refractivity contribution is 5.44. The van der Waals surface area contributed by atoms with Gasteiger partial charge in [0, 0.05) is 30.9 Å². The van der Waals surface area contributed by atoms with Gasteiger partial charge in [0.05, 0.1) is 5.69 Å². The third kappa shape index (κ3) is 1.28. The minimum Gasteiger partial charge on any atom is -0.381 e. The van der Waals surface area contributed by atoms with Crippen molar-refractivity contribution >= 4 is 5.65 Å². The van der Waals surface area contributed by atoms with E-state index < -0.39 is 5.95 Å². The van der Waals surface area contributed by atoms with Crippen LogP contribution >= 0.6 is 0 Å². The van der Waals surface area contributed by atoms with Crippen molar-refractivity contribution in [2.45, 2.75) is 31.1 Å². The normalized spacial score (nSPS) is 21.6. The number of hydrogen-bond acceptors (Lipinski definition) is 3. The van der Waals surface area contributed by atoms with Crippen LogP contribution in [0.3, 0.4) is 0 Å². The van der Waals surface area contributed by atoms with E-state index in [0.29, 0.717) is 5.65 Å². The smallest absolute Gasteiger partial charge is 0.235 e. The van der Waals surface area contributed by atoms with E-state index in [-0.39, 0.29) is 5.41 Å². The van der Waals surface area contributed by atoms with E-state index >= 15 is 0 Å². The van der Waals surface area contributed by atoms with Gasteiger partial charge >= 0.3 is 0 Å². The predicted molar refractivity (Wildman–Crippen MR) is 63.0 cm³/mol. The van der Waals surface area contributed by atoms with Crippen molar-refractivity contribution in [3.8, 4) is 0 Å². The molecule has 0 N–H and O–H groups in total. The lowest BCUT2D eigenvalue weighted by Gasteiger charge is -2.34. The summed E-state index contributed by atoms with van der Waals surface area (Å²) in [5.41, 5.74) is 3.11. The van der Waals surface area contributed by atoms with Gasteiger partial charge in [0.25, 0.3) is 0 Å².